The van der Waals surface area contributed by atoms with Gasteiger partial charge in [0.05, 0.1) is 24.1 Å². The summed E-state index contributed by atoms with van der Waals surface area (Å²) in [5.74, 6) is 0.690. The molecular formula is C18H20N6O. The van der Waals surface area contributed by atoms with Crippen LogP contribution in [0.2, 0.25) is 0 Å². The summed E-state index contributed by atoms with van der Waals surface area (Å²) >= 11 is 0. The van der Waals surface area contributed by atoms with Gasteiger partial charge >= 0.3 is 0 Å². The highest BCUT2D eigenvalue weighted by Gasteiger charge is 2.25. The standard InChI is InChI=1S/C18H20N6O/c19-9-14-10-21-17(11-20-14)22-13-4-6-15(7-5-13)24-18(25)8-12-2-1-3-16(12)23-24/h8,10-11,13,15H,1-7H2,(H,21,22). The minimum atomic E-state index is 0.0371. The molecule has 2 aromatic rings. The summed E-state index contributed by atoms with van der Waals surface area (Å²) in [5, 5.41) is 16.8. The lowest BCUT2D eigenvalue weighted by atomic mass is 9.91. The molecule has 0 bridgehead atoms. The van der Waals surface area contributed by atoms with Gasteiger partial charge in [-0.05, 0) is 50.5 Å². The third kappa shape index (κ3) is 3.25. The fraction of sp³-hybridized carbons (Fsp3) is 0.500. The number of aryl methyl sites for hydroxylation is 2. The van der Waals surface area contributed by atoms with Crippen LogP contribution >= 0.6 is 0 Å². The molecule has 0 aromatic carbocycles. The van der Waals surface area contributed by atoms with Crippen LogP contribution in [-0.2, 0) is 12.8 Å². The van der Waals surface area contributed by atoms with Crippen LogP contribution in [0.5, 0.6) is 0 Å². The summed E-state index contributed by atoms with van der Waals surface area (Å²) in [7, 11) is 0. The van der Waals surface area contributed by atoms with E-state index in [0.717, 1.165) is 56.2 Å². The van der Waals surface area contributed by atoms with Crippen molar-refractivity contribution in [2.45, 2.75) is 57.0 Å². The van der Waals surface area contributed by atoms with Crippen LogP contribution < -0.4 is 10.9 Å². The molecule has 1 saturated carbocycles. The first-order valence-electron chi connectivity index (χ1n) is 8.83. The van der Waals surface area contributed by atoms with Crippen LogP contribution in [0.4, 0.5) is 5.82 Å². The molecule has 2 aromatic heterocycles. The lowest BCUT2D eigenvalue weighted by Gasteiger charge is -2.30. The molecule has 0 atom stereocenters. The molecule has 0 saturated heterocycles. The van der Waals surface area contributed by atoms with Gasteiger partial charge in [-0.15, -0.1) is 0 Å². The number of hydrogen-bond acceptors (Lipinski definition) is 6. The predicted molar refractivity (Wildman–Crippen MR) is 92.2 cm³/mol. The molecule has 4 rings (SSSR count). The van der Waals surface area contributed by atoms with Crippen molar-refractivity contribution in [2.75, 3.05) is 5.32 Å². The van der Waals surface area contributed by atoms with Gasteiger partial charge in [0.2, 0.25) is 0 Å². The number of nitrogens with zero attached hydrogens (tertiary/aromatic N) is 5. The fourth-order valence-corrected chi connectivity index (χ4v) is 3.81. The average Bonchev–Trinajstić information content (AvgIpc) is 3.09. The van der Waals surface area contributed by atoms with E-state index in [4.69, 9.17) is 5.26 Å². The van der Waals surface area contributed by atoms with E-state index >= 15 is 0 Å². The number of anilines is 1. The molecule has 7 nitrogen and oxygen atoms in total. The van der Waals surface area contributed by atoms with Crippen molar-refractivity contribution in [1.82, 2.24) is 19.7 Å². The zero-order valence-electron chi connectivity index (χ0n) is 14.0. The molecule has 2 aliphatic rings. The summed E-state index contributed by atoms with van der Waals surface area (Å²) in [5.41, 5.74) is 2.59. The molecule has 0 radical (unpaired) electrons. The zero-order chi connectivity index (χ0) is 17.2. The van der Waals surface area contributed by atoms with E-state index in [1.165, 1.54) is 6.20 Å². The van der Waals surface area contributed by atoms with Gasteiger partial charge in [0.1, 0.15) is 11.9 Å². The highest BCUT2D eigenvalue weighted by atomic mass is 16.1. The first-order chi connectivity index (χ1) is 12.2. The Labute approximate surface area is 145 Å². The van der Waals surface area contributed by atoms with E-state index < -0.39 is 0 Å². The number of hydrogen-bond donors (Lipinski definition) is 1. The van der Waals surface area contributed by atoms with E-state index in [9.17, 15) is 4.79 Å². The van der Waals surface area contributed by atoms with Crippen molar-refractivity contribution < 1.29 is 0 Å². The molecule has 0 aliphatic heterocycles. The van der Waals surface area contributed by atoms with Crippen molar-refractivity contribution in [3.8, 4) is 6.07 Å². The Morgan fingerprint density at radius 3 is 2.72 bits per heavy atom. The highest BCUT2D eigenvalue weighted by Crippen LogP contribution is 2.29. The first kappa shape index (κ1) is 15.8. The smallest absolute Gasteiger partial charge is 0.267 e. The third-order valence-corrected chi connectivity index (χ3v) is 5.14. The van der Waals surface area contributed by atoms with Gasteiger partial charge < -0.3 is 5.32 Å². The minimum absolute atomic E-state index is 0.0371. The summed E-state index contributed by atoms with van der Waals surface area (Å²) in [4.78, 5) is 20.6. The summed E-state index contributed by atoms with van der Waals surface area (Å²) < 4.78 is 1.71. The Balaban J connectivity index is 1.40. The molecule has 128 valence electrons. The second kappa shape index (κ2) is 6.63. The monoisotopic (exact) mass is 336 g/mol. The van der Waals surface area contributed by atoms with Crippen LogP contribution in [0, 0.1) is 11.3 Å². The summed E-state index contributed by atoms with van der Waals surface area (Å²) in [6, 6.07) is 4.24. The first-order valence-corrected chi connectivity index (χ1v) is 8.83. The maximum Gasteiger partial charge on any atom is 0.267 e. The molecular weight excluding hydrogens is 316 g/mol. The van der Waals surface area contributed by atoms with Crippen molar-refractivity contribution in [3.05, 3.63) is 45.8 Å². The maximum absolute atomic E-state index is 12.4. The molecule has 25 heavy (non-hydrogen) atoms. The van der Waals surface area contributed by atoms with E-state index in [1.807, 2.05) is 6.07 Å². The molecule has 2 aliphatic carbocycles. The Hall–Kier alpha value is -2.75. The van der Waals surface area contributed by atoms with Gasteiger partial charge in [0.25, 0.3) is 5.56 Å². The van der Waals surface area contributed by atoms with Gasteiger partial charge in [-0.25, -0.2) is 14.6 Å². The van der Waals surface area contributed by atoms with E-state index in [1.54, 1.807) is 16.9 Å². The molecule has 2 heterocycles. The highest BCUT2D eigenvalue weighted by molar-refractivity contribution is 5.34. The molecule has 0 unspecified atom stereocenters. The SMILES string of the molecule is N#Cc1cnc(NC2CCC(n3nc4c(cc3=O)CCC4)CC2)cn1. The number of fused-ring (bicyclic) bond motifs is 1. The number of nitriles is 1. The van der Waals surface area contributed by atoms with Crippen molar-refractivity contribution in [2.24, 2.45) is 0 Å². The van der Waals surface area contributed by atoms with Crippen LogP contribution in [0.25, 0.3) is 0 Å². The van der Waals surface area contributed by atoms with E-state index in [0.29, 0.717) is 17.6 Å². The van der Waals surface area contributed by atoms with Gasteiger partial charge in [-0.2, -0.15) is 10.4 Å². The Morgan fingerprint density at radius 1 is 1.16 bits per heavy atom. The van der Waals surface area contributed by atoms with Crippen LogP contribution in [0.3, 0.4) is 0 Å². The molecule has 0 spiro atoms. The van der Waals surface area contributed by atoms with E-state index in [2.05, 4.69) is 20.4 Å². The predicted octanol–water partition coefficient (Wildman–Crippen LogP) is 1.99. The van der Waals surface area contributed by atoms with Crippen LogP contribution in [-0.4, -0.2) is 25.8 Å². The second-order valence-electron chi connectivity index (χ2n) is 6.80. The van der Waals surface area contributed by atoms with Crippen molar-refractivity contribution in [3.63, 3.8) is 0 Å². The normalized spacial score (nSPS) is 22.2. The molecule has 1 fully saturated rings. The lowest BCUT2D eigenvalue weighted by Crippen LogP contribution is -2.34. The zero-order valence-corrected chi connectivity index (χ0v) is 14.0. The lowest BCUT2D eigenvalue weighted by molar-refractivity contribution is 0.301. The summed E-state index contributed by atoms with van der Waals surface area (Å²) in [6.45, 7) is 0. The van der Waals surface area contributed by atoms with Crippen molar-refractivity contribution >= 4 is 5.82 Å². The summed E-state index contributed by atoms with van der Waals surface area (Å²) in [6.07, 6.45) is 9.91. The van der Waals surface area contributed by atoms with Crippen LogP contribution in [0.15, 0.2) is 23.3 Å². The Kier molecular flexibility index (Phi) is 4.18. The van der Waals surface area contributed by atoms with Gasteiger partial charge in [0, 0.05) is 12.1 Å². The van der Waals surface area contributed by atoms with Crippen molar-refractivity contribution in [1.29, 1.82) is 5.26 Å². The van der Waals surface area contributed by atoms with E-state index in [-0.39, 0.29) is 11.6 Å². The van der Waals surface area contributed by atoms with Crippen LogP contribution in [0.1, 0.15) is 55.1 Å². The minimum Gasteiger partial charge on any atom is -0.366 e. The molecule has 1 N–H and O–H groups in total. The Morgan fingerprint density at radius 2 is 2.00 bits per heavy atom. The number of rotatable bonds is 3. The van der Waals surface area contributed by atoms with Gasteiger partial charge in [-0.3, -0.25) is 4.79 Å². The topological polar surface area (TPSA) is 96.5 Å². The number of aromatic nitrogens is 4. The average molecular weight is 336 g/mol. The quantitative estimate of drug-likeness (QED) is 0.921. The Bertz CT molecular complexity index is 859. The third-order valence-electron chi connectivity index (χ3n) is 5.14. The maximum atomic E-state index is 12.4. The fourth-order valence-electron chi connectivity index (χ4n) is 3.81. The number of nitrogens with one attached hydrogen (secondary N) is 1. The molecule has 7 heteroatoms. The molecule has 0 amide bonds. The van der Waals surface area contributed by atoms with Gasteiger partial charge in [0.15, 0.2) is 5.69 Å². The van der Waals surface area contributed by atoms with Gasteiger partial charge in [-0.1, -0.05) is 0 Å². The second-order valence-corrected chi connectivity index (χ2v) is 6.80. The largest absolute Gasteiger partial charge is 0.366 e.